The topological polar surface area (TPSA) is 64.3 Å². The van der Waals surface area contributed by atoms with Crippen molar-refractivity contribution in [2.24, 2.45) is 5.73 Å². The summed E-state index contributed by atoms with van der Waals surface area (Å²) < 4.78 is 7.46. The largest absolute Gasteiger partial charge is 1.00 e. The van der Waals surface area contributed by atoms with E-state index in [0.717, 1.165) is 11.3 Å². The second-order valence-electron chi connectivity index (χ2n) is 2.60. The van der Waals surface area contributed by atoms with E-state index in [1.54, 1.807) is 7.11 Å². The SMILES string of the molecule is COc1ccc(CSNC(N)=O)cc1.[H-].[Na+]. The predicted molar refractivity (Wildman–Crippen MR) is 58.1 cm³/mol. The first-order chi connectivity index (χ1) is 6.72. The number of hydrogen-bond donors (Lipinski definition) is 2. The van der Waals surface area contributed by atoms with Gasteiger partial charge in [0.05, 0.1) is 7.11 Å². The second kappa shape index (κ2) is 7.87. The molecule has 0 unspecified atom stereocenters. The van der Waals surface area contributed by atoms with Crippen LogP contribution in [-0.4, -0.2) is 13.1 Å². The van der Waals surface area contributed by atoms with Crippen molar-refractivity contribution >= 4 is 18.0 Å². The fraction of sp³-hybridized carbons (Fsp3) is 0.222. The summed E-state index contributed by atoms with van der Waals surface area (Å²) in [6.07, 6.45) is 0. The molecule has 0 fully saturated rings. The van der Waals surface area contributed by atoms with Crippen LogP contribution in [0.3, 0.4) is 0 Å². The third-order valence-corrected chi connectivity index (χ3v) is 2.39. The Morgan fingerprint density at radius 3 is 2.60 bits per heavy atom. The quantitative estimate of drug-likeness (QED) is 0.501. The number of primary amides is 1. The minimum Gasteiger partial charge on any atom is -1.00 e. The summed E-state index contributed by atoms with van der Waals surface area (Å²) in [4.78, 5) is 10.4. The van der Waals surface area contributed by atoms with E-state index < -0.39 is 6.03 Å². The monoisotopic (exact) mass is 236 g/mol. The van der Waals surface area contributed by atoms with Gasteiger partial charge in [0.1, 0.15) is 5.75 Å². The summed E-state index contributed by atoms with van der Waals surface area (Å²) in [6.45, 7) is 0. The Bertz CT molecular complexity index is 311. The molecular formula is C9H13N2NaO2S. The molecule has 4 nitrogen and oxygen atoms in total. The maximum absolute atomic E-state index is 10.4. The van der Waals surface area contributed by atoms with Crippen molar-refractivity contribution in [2.45, 2.75) is 5.75 Å². The van der Waals surface area contributed by atoms with Crippen molar-refractivity contribution in [1.29, 1.82) is 0 Å². The van der Waals surface area contributed by atoms with Gasteiger partial charge >= 0.3 is 35.6 Å². The first kappa shape index (κ1) is 14.6. The Hall–Kier alpha value is -0.360. The van der Waals surface area contributed by atoms with Crippen molar-refractivity contribution in [3.05, 3.63) is 29.8 Å². The van der Waals surface area contributed by atoms with Gasteiger partial charge < -0.3 is 11.9 Å². The number of hydrogen-bond acceptors (Lipinski definition) is 3. The average Bonchev–Trinajstić information content (AvgIpc) is 2.18. The van der Waals surface area contributed by atoms with Crippen LogP contribution in [0, 0.1) is 0 Å². The third kappa shape index (κ3) is 5.94. The molecule has 0 bridgehead atoms. The first-order valence-electron chi connectivity index (χ1n) is 4.02. The molecule has 0 atom stereocenters. The van der Waals surface area contributed by atoms with Gasteiger partial charge in [-0.3, -0.25) is 4.72 Å². The van der Waals surface area contributed by atoms with E-state index in [1.807, 2.05) is 24.3 Å². The van der Waals surface area contributed by atoms with Crippen LogP contribution in [-0.2, 0) is 5.75 Å². The van der Waals surface area contributed by atoms with E-state index >= 15 is 0 Å². The van der Waals surface area contributed by atoms with E-state index in [-0.39, 0.29) is 31.0 Å². The Kier molecular flexibility index (Phi) is 7.68. The van der Waals surface area contributed by atoms with Crippen LogP contribution in [0.4, 0.5) is 4.79 Å². The molecule has 0 saturated heterocycles. The maximum atomic E-state index is 10.4. The van der Waals surface area contributed by atoms with Gasteiger partial charge in [-0.2, -0.15) is 0 Å². The van der Waals surface area contributed by atoms with Crippen LogP contribution in [0.25, 0.3) is 0 Å². The summed E-state index contributed by atoms with van der Waals surface area (Å²) in [7, 11) is 1.62. The van der Waals surface area contributed by atoms with Crippen molar-refractivity contribution < 1.29 is 40.5 Å². The average molecular weight is 236 g/mol. The van der Waals surface area contributed by atoms with Crippen molar-refractivity contribution in [3.8, 4) is 5.75 Å². The van der Waals surface area contributed by atoms with Crippen molar-refractivity contribution in [3.63, 3.8) is 0 Å². The Morgan fingerprint density at radius 2 is 2.13 bits per heavy atom. The molecule has 6 heteroatoms. The fourth-order valence-electron chi connectivity index (χ4n) is 0.912. The molecule has 0 spiro atoms. The molecule has 1 aromatic rings. The summed E-state index contributed by atoms with van der Waals surface area (Å²) in [6, 6.07) is 7.10. The van der Waals surface area contributed by atoms with Gasteiger partial charge in [-0.05, 0) is 29.6 Å². The molecule has 2 amide bonds. The standard InChI is InChI=1S/C9H12N2O2S.Na.H/c1-13-8-4-2-7(3-5-8)6-14-11-9(10)12;;/h2-5H,6H2,1H3,(H3,10,11,12);;/q;+1;-1. The number of amides is 2. The normalized spacial score (nSPS) is 8.87. The van der Waals surface area contributed by atoms with Gasteiger partial charge in [0.2, 0.25) is 0 Å². The van der Waals surface area contributed by atoms with Crippen LogP contribution in [0.5, 0.6) is 5.75 Å². The smallest absolute Gasteiger partial charge is 1.00 e. The first-order valence-corrected chi connectivity index (χ1v) is 5.01. The molecule has 15 heavy (non-hydrogen) atoms. The van der Waals surface area contributed by atoms with Crippen LogP contribution in [0.15, 0.2) is 24.3 Å². The minimum atomic E-state index is -0.525. The zero-order valence-electron chi connectivity index (χ0n) is 9.82. The van der Waals surface area contributed by atoms with Gasteiger partial charge in [0.15, 0.2) is 0 Å². The van der Waals surface area contributed by atoms with E-state index in [9.17, 15) is 4.79 Å². The van der Waals surface area contributed by atoms with E-state index in [2.05, 4.69) is 4.72 Å². The maximum Gasteiger partial charge on any atom is 1.00 e. The molecule has 3 N–H and O–H groups in total. The van der Waals surface area contributed by atoms with Crippen molar-refractivity contribution in [1.82, 2.24) is 4.72 Å². The number of ether oxygens (including phenoxy) is 1. The number of methoxy groups -OCH3 is 1. The van der Waals surface area contributed by atoms with Crippen LogP contribution in [0.1, 0.15) is 6.99 Å². The van der Waals surface area contributed by atoms with Gasteiger partial charge in [-0.25, -0.2) is 4.79 Å². The molecule has 1 aromatic carbocycles. The molecule has 0 aliphatic heterocycles. The molecular weight excluding hydrogens is 223 g/mol. The Labute approximate surface area is 117 Å². The molecule has 0 aliphatic rings. The van der Waals surface area contributed by atoms with E-state index in [1.165, 1.54) is 11.9 Å². The summed E-state index contributed by atoms with van der Waals surface area (Å²) in [5.74, 6) is 1.51. The van der Waals surface area contributed by atoms with Crippen LogP contribution < -0.4 is 44.7 Å². The zero-order valence-corrected chi connectivity index (χ0v) is 11.6. The number of nitrogens with one attached hydrogen (secondary N) is 1. The molecule has 0 aromatic heterocycles. The van der Waals surface area contributed by atoms with Crippen LogP contribution >= 0.6 is 11.9 Å². The third-order valence-electron chi connectivity index (χ3n) is 1.57. The molecule has 78 valence electrons. The van der Waals surface area contributed by atoms with E-state index in [0.29, 0.717) is 5.75 Å². The Morgan fingerprint density at radius 1 is 1.53 bits per heavy atom. The van der Waals surface area contributed by atoms with Gasteiger partial charge in [-0.15, -0.1) is 0 Å². The number of carbonyl (C=O) groups is 1. The van der Waals surface area contributed by atoms with Crippen molar-refractivity contribution in [2.75, 3.05) is 7.11 Å². The predicted octanol–water partition coefficient (Wildman–Crippen LogP) is -1.37. The number of urea groups is 1. The van der Waals surface area contributed by atoms with Crippen LogP contribution in [0.2, 0.25) is 0 Å². The second-order valence-corrected chi connectivity index (χ2v) is 3.38. The fourth-order valence-corrected chi connectivity index (χ4v) is 1.49. The number of benzene rings is 1. The zero-order chi connectivity index (χ0) is 10.4. The molecule has 0 heterocycles. The molecule has 0 radical (unpaired) electrons. The van der Waals surface area contributed by atoms with E-state index in [4.69, 9.17) is 10.5 Å². The minimum absolute atomic E-state index is 0. The number of nitrogens with two attached hydrogens (primary N) is 1. The van der Waals surface area contributed by atoms with Gasteiger partial charge in [0.25, 0.3) is 0 Å². The summed E-state index contributed by atoms with van der Waals surface area (Å²) >= 11 is 1.26. The number of rotatable bonds is 4. The van der Waals surface area contributed by atoms with Gasteiger partial charge in [-0.1, -0.05) is 12.1 Å². The molecule has 0 saturated carbocycles. The summed E-state index contributed by atoms with van der Waals surface area (Å²) in [5.41, 5.74) is 6.01. The summed E-state index contributed by atoms with van der Waals surface area (Å²) in [5, 5.41) is 0. The Balaban J connectivity index is 0. The molecule has 0 aliphatic carbocycles. The number of carbonyl (C=O) groups excluding carboxylic acids is 1. The molecule has 1 rings (SSSR count). The van der Waals surface area contributed by atoms with Gasteiger partial charge in [0, 0.05) is 5.75 Å².